The molecule has 2 atom stereocenters. The summed E-state index contributed by atoms with van der Waals surface area (Å²) in [5.41, 5.74) is 2.05. The number of hydrogen-bond acceptors (Lipinski definition) is 4. The molecule has 2 aromatic rings. The van der Waals surface area contributed by atoms with Crippen LogP contribution in [0.25, 0.3) is 0 Å². The lowest BCUT2D eigenvalue weighted by atomic mass is 10.1. The summed E-state index contributed by atoms with van der Waals surface area (Å²) in [5, 5.41) is 2.95. The zero-order valence-corrected chi connectivity index (χ0v) is 21.6. The summed E-state index contributed by atoms with van der Waals surface area (Å²) in [7, 11) is -2.10. The molecular weight excluding hydrogens is 450 g/mol. The summed E-state index contributed by atoms with van der Waals surface area (Å²) < 4.78 is 26.7. The van der Waals surface area contributed by atoms with E-state index in [1.54, 1.807) is 42.2 Å². The van der Waals surface area contributed by atoms with Crippen LogP contribution in [0.2, 0.25) is 0 Å². The number of carbonyl (C=O) groups excluding carboxylic acids is 2. The van der Waals surface area contributed by atoms with E-state index >= 15 is 0 Å². The van der Waals surface area contributed by atoms with E-state index in [0.717, 1.165) is 17.5 Å². The summed E-state index contributed by atoms with van der Waals surface area (Å²) in [5.74, 6) is -0.378. The lowest BCUT2D eigenvalue weighted by molar-refractivity contribution is -0.141. The van der Waals surface area contributed by atoms with E-state index in [2.05, 4.69) is 5.32 Å². The Balaban J connectivity index is 2.08. The van der Waals surface area contributed by atoms with Crippen molar-refractivity contribution in [3.8, 4) is 0 Å². The second-order valence-corrected chi connectivity index (χ2v) is 10.8. The van der Waals surface area contributed by atoms with E-state index in [-0.39, 0.29) is 35.7 Å². The van der Waals surface area contributed by atoms with Crippen LogP contribution < -0.4 is 5.32 Å². The van der Waals surface area contributed by atoms with Gasteiger partial charge < -0.3 is 10.2 Å². The smallest absolute Gasteiger partial charge is 0.242 e. The maximum Gasteiger partial charge on any atom is 0.242 e. The predicted octanol–water partition coefficient (Wildman–Crippen LogP) is 3.73. The molecule has 7 nitrogen and oxygen atoms in total. The molecule has 0 spiro atoms. The Labute approximate surface area is 204 Å². The number of nitrogens with zero attached hydrogens (tertiary/aromatic N) is 2. The van der Waals surface area contributed by atoms with Gasteiger partial charge in [0.2, 0.25) is 21.8 Å². The Morgan fingerprint density at radius 3 is 2.21 bits per heavy atom. The highest BCUT2D eigenvalue weighted by molar-refractivity contribution is 7.89. The number of nitrogens with one attached hydrogen (secondary N) is 1. The number of rotatable bonds is 12. The highest BCUT2D eigenvalue weighted by atomic mass is 32.2. The SMILES string of the molecule is CCC(C)NC(=O)C(C)N(Cc1ccc(C)cc1)C(=O)CCCN(C)S(=O)(=O)c1ccccc1. The summed E-state index contributed by atoms with van der Waals surface area (Å²) in [6, 6.07) is 15.5. The predicted molar refractivity (Wildman–Crippen MR) is 135 cm³/mol. The Hall–Kier alpha value is -2.71. The topological polar surface area (TPSA) is 86.8 Å². The fourth-order valence-corrected chi connectivity index (χ4v) is 4.66. The Bertz CT molecular complexity index is 1040. The molecular formula is C26H37N3O4S. The molecule has 0 radical (unpaired) electrons. The largest absolute Gasteiger partial charge is 0.352 e. The molecule has 186 valence electrons. The first-order chi connectivity index (χ1) is 16.1. The van der Waals surface area contributed by atoms with Crippen molar-refractivity contribution in [2.45, 2.75) is 70.5 Å². The zero-order valence-electron chi connectivity index (χ0n) is 20.8. The number of benzene rings is 2. The standard InChI is InChI=1S/C26H37N3O4S/c1-6-21(3)27-26(31)22(4)29(19-23-16-14-20(2)15-17-23)25(30)13-10-18-28(5)34(32,33)24-11-8-7-9-12-24/h7-9,11-12,14-17,21-22H,6,10,13,18-19H2,1-5H3,(H,27,31). The van der Waals surface area contributed by atoms with Crippen LogP contribution in [0.5, 0.6) is 0 Å². The van der Waals surface area contributed by atoms with Crippen LogP contribution in [-0.4, -0.2) is 55.1 Å². The molecule has 0 aliphatic heterocycles. The summed E-state index contributed by atoms with van der Waals surface area (Å²) in [4.78, 5) is 27.8. The zero-order chi connectivity index (χ0) is 25.3. The fraction of sp³-hybridized carbons (Fsp3) is 0.462. The van der Waals surface area contributed by atoms with Crippen LogP contribution in [0.15, 0.2) is 59.5 Å². The van der Waals surface area contributed by atoms with Gasteiger partial charge in [-0.05, 0) is 51.3 Å². The molecule has 0 aliphatic rings. The second-order valence-electron chi connectivity index (χ2n) is 8.74. The number of amides is 2. The number of carbonyl (C=O) groups is 2. The van der Waals surface area contributed by atoms with E-state index in [0.29, 0.717) is 13.0 Å². The van der Waals surface area contributed by atoms with Crippen molar-refractivity contribution >= 4 is 21.8 Å². The summed E-state index contributed by atoms with van der Waals surface area (Å²) in [6.45, 7) is 8.16. The summed E-state index contributed by atoms with van der Waals surface area (Å²) >= 11 is 0. The third-order valence-corrected chi connectivity index (χ3v) is 7.83. The van der Waals surface area contributed by atoms with Crippen LogP contribution in [0, 0.1) is 6.92 Å². The van der Waals surface area contributed by atoms with Gasteiger partial charge in [0.15, 0.2) is 0 Å². The Morgan fingerprint density at radius 2 is 1.62 bits per heavy atom. The van der Waals surface area contributed by atoms with Gasteiger partial charge >= 0.3 is 0 Å². The van der Waals surface area contributed by atoms with Crippen molar-refractivity contribution in [2.75, 3.05) is 13.6 Å². The molecule has 0 saturated heterocycles. The van der Waals surface area contributed by atoms with Gasteiger partial charge in [0.05, 0.1) is 4.90 Å². The molecule has 0 heterocycles. The van der Waals surface area contributed by atoms with Crippen molar-refractivity contribution in [2.24, 2.45) is 0 Å². The quantitative estimate of drug-likeness (QED) is 0.494. The third-order valence-electron chi connectivity index (χ3n) is 5.96. The molecule has 1 N–H and O–H groups in total. The average molecular weight is 488 g/mol. The highest BCUT2D eigenvalue weighted by Gasteiger charge is 2.27. The molecule has 2 amide bonds. The van der Waals surface area contributed by atoms with Crippen LogP contribution >= 0.6 is 0 Å². The molecule has 0 aromatic heterocycles. The lowest BCUT2D eigenvalue weighted by Crippen LogP contribution is -2.49. The third kappa shape index (κ3) is 7.67. The van der Waals surface area contributed by atoms with Crippen molar-refractivity contribution in [3.05, 3.63) is 65.7 Å². The van der Waals surface area contributed by atoms with E-state index < -0.39 is 16.1 Å². The van der Waals surface area contributed by atoms with Crippen molar-refractivity contribution in [1.82, 2.24) is 14.5 Å². The van der Waals surface area contributed by atoms with Gasteiger partial charge in [-0.2, -0.15) is 0 Å². The minimum atomic E-state index is -3.61. The van der Waals surface area contributed by atoms with Crippen LogP contribution in [0.4, 0.5) is 0 Å². The average Bonchev–Trinajstić information content (AvgIpc) is 2.83. The maximum atomic E-state index is 13.2. The number of hydrogen-bond donors (Lipinski definition) is 1. The first kappa shape index (κ1) is 27.5. The highest BCUT2D eigenvalue weighted by Crippen LogP contribution is 2.16. The fourth-order valence-electron chi connectivity index (χ4n) is 3.43. The molecule has 2 unspecified atom stereocenters. The minimum absolute atomic E-state index is 0.0168. The number of sulfonamides is 1. The van der Waals surface area contributed by atoms with Gasteiger partial charge in [-0.3, -0.25) is 9.59 Å². The van der Waals surface area contributed by atoms with E-state index in [4.69, 9.17) is 0 Å². The Kier molecular flexibility index (Phi) is 10.3. The van der Waals surface area contributed by atoms with E-state index in [9.17, 15) is 18.0 Å². The van der Waals surface area contributed by atoms with Crippen LogP contribution in [0.1, 0.15) is 51.2 Å². The van der Waals surface area contributed by atoms with E-state index in [1.165, 1.54) is 11.4 Å². The monoisotopic (exact) mass is 487 g/mol. The maximum absolute atomic E-state index is 13.2. The van der Waals surface area contributed by atoms with Gasteiger partial charge in [-0.15, -0.1) is 0 Å². The van der Waals surface area contributed by atoms with Gasteiger partial charge in [0.1, 0.15) is 6.04 Å². The van der Waals surface area contributed by atoms with Crippen LogP contribution in [-0.2, 0) is 26.2 Å². The Morgan fingerprint density at radius 1 is 1.00 bits per heavy atom. The van der Waals surface area contributed by atoms with Gasteiger partial charge in [0, 0.05) is 32.6 Å². The first-order valence-electron chi connectivity index (χ1n) is 11.7. The van der Waals surface area contributed by atoms with Gasteiger partial charge in [0.25, 0.3) is 0 Å². The lowest BCUT2D eigenvalue weighted by Gasteiger charge is -2.30. The van der Waals surface area contributed by atoms with Crippen molar-refractivity contribution in [3.63, 3.8) is 0 Å². The molecule has 0 saturated carbocycles. The molecule has 8 heteroatoms. The summed E-state index contributed by atoms with van der Waals surface area (Å²) in [6.07, 6.45) is 1.29. The molecule has 0 bridgehead atoms. The minimum Gasteiger partial charge on any atom is -0.352 e. The normalized spacial score (nSPS) is 13.4. The molecule has 0 fully saturated rings. The first-order valence-corrected chi connectivity index (χ1v) is 13.2. The number of aryl methyl sites for hydroxylation is 1. The molecule has 34 heavy (non-hydrogen) atoms. The van der Waals surface area contributed by atoms with Crippen molar-refractivity contribution in [1.29, 1.82) is 0 Å². The molecule has 0 aliphatic carbocycles. The van der Waals surface area contributed by atoms with Crippen LogP contribution in [0.3, 0.4) is 0 Å². The van der Waals surface area contributed by atoms with Crippen molar-refractivity contribution < 1.29 is 18.0 Å². The molecule has 2 rings (SSSR count). The van der Waals surface area contributed by atoms with Gasteiger partial charge in [-0.1, -0.05) is 55.0 Å². The van der Waals surface area contributed by atoms with E-state index in [1.807, 2.05) is 45.0 Å². The molecule has 2 aromatic carbocycles. The second kappa shape index (κ2) is 12.7. The van der Waals surface area contributed by atoms with Gasteiger partial charge in [-0.25, -0.2) is 12.7 Å².